The van der Waals surface area contributed by atoms with Gasteiger partial charge in [-0.2, -0.15) is 0 Å². The van der Waals surface area contributed by atoms with Crippen LogP contribution in [0.3, 0.4) is 0 Å². The number of furan rings is 1. The van der Waals surface area contributed by atoms with E-state index < -0.39 is 0 Å². The van der Waals surface area contributed by atoms with Crippen LogP contribution in [0.5, 0.6) is 5.75 Å². The lowest BCUT2D eigenvalue weighted by molar-refractivity contribution is 0.239. The molecule has 3 nitrogen and oxygen atoms in total. The van der Waals surface area contributed by atoms with Crippen LogP contribution in [-0.4, -0.2) is 6.10 Å². The topological polar surface area (TPSA) is 48.4 Å². The number of hydrogen-bond donors (Lipinski definition) is 1. The smallest absolute Gasteiger partial charge is 0.124 e. The first-order chi connectivity index (χ1) is 9.13. The number of ether oxygens (including phenoxy) is 1. The molecule has 0 amide bonds. The van der Waals surface area contributed by atoms with Crippen LogP contribution >= 0.6 is 0 Å². The fourth-order valence-corrected chi connectivity index (χ4v) is 2.18. The highest BCUT2D eigenvalue weighted by molar-refractivity contribution is 5.42. The normalized spacial score (nSPS) is 12.7. The Morgan fingerprint density at radius 1 is 1.16 bits per heavy atom. The average Bonchev–Trinajstić information content (AvgIpc) is 2.86. The van der Waals surface area contributed by atoms with Gasteiger partial charge in [-0.25, -0.2) is 0 Å². The van der Waals surface area contributed by atoms with Crippen LogP contribution in [0.25, 0.3) is 0 Å². The quantitative estimate of drug-likeness (QED) is 0.891. The van der Waals surface area contributed by atoms with Gasteiger partial charge in [0.15, 0.2) is 0 Å². The molecule has 0 saturated heterocycles. The molecular formula is C16H21NO2. The lowest BCUT2D eigenvalue weighted by Crippen LogP contribution is -2.16. The molecule has 1 aromatic carbocycles. The molecule has 1 heterocycles. The zero-order valence-corrected chi connectivity index (χ0v) is 11.7. The molecule has 0 aliphatic carbocycles. The van der Waals surface area contributed by atoms with Crippen molar-refractivity contribution < 1.29 is 9.15 Å². The molecule has 1 atom stereocenters. The van der Waals surface area contributed by atoms with Gasteiger partial charge in [-0.05, 0) is 26.0 Å². The van der Waals surface area contributed by atoms with Crippen molar-refractivity contribution in [1.29, 1.82) is 0 Å². The van der Waals surface area contributed by atoms with E-state index in [1.54, 1.807) is 6.26 Å². The maximum Gasteiger partial charge on any atom is 0.124 e. The van der Waals surface area contributed by atoms with Gasteiger partial charge in [-0.3, -0.25) is 0 Å². The molecule has 2 aromatic rings. The van der Waals surface area contributed by atoms with Crippen LogP contribution in [0.4, 0.5) is 0 Å². The summed E-state index contributed by atoms with van der Waals surface area (Å²) in [5.41, 5.74) is 8.40. The van der Waals surface area contributed by atoms with Crippen molar-refractivity contribution in [2.45, 2.75) is 39.3 Å². The van der Waals surface area contributed by atoms with Crippen LogP contribution in [0.15, 0.2) is 41.0 Å². The highest BCUT2D eigenvalue weighted by Gasteiger charge is 2.18. The first-order valence-electron chi connectivity index (χ1n) is 6.71. The van der Waals surface area contributed by atoms with Gasteiger partial charge < -0.3 is 14.9 Å². The van der Waals surface area contributed by atoms with Gasteiger partial charge >= 0.3 is 0 Å². The van der Waals surface area contributed by atoms with E-state index in [9.17, 15) is 0 Å². The van der Waals surface area contributed by atoms with E-state index in [0.717, 1.165) is 29.1 Å². The summed E-state index contributed by atoms with van der Waals surface area (Å²) in [6.07, 6.45) is 2.66. The minimum Gasteiger partial charge on any atom is -0.491 e. The molecule has 0 saturated carbocycles. The number of rotatable bonds is 5. The predicted octanol–water partition coefficient (Wildman–Crippen LogP) is 3.68. The van der Waals surface area contributed by atoms with Crippen molar-refractivity contribution in [2.75, 3.05) is 0 Å². The van der Waals surface area contributed by atoms with Crippen LogP contribution in [0, 0.1) is 0 Å². The van der Waals surface area contributed by atoms with E-state index in [-0.39, 0.29) is 12.1 Å². The summed E-state index contributed by atoms with van der Waals surface area (Å²) in [7, 11) is 0. The Morgan fingerprint density at radius 3 is 2.58 bits per heavy atom. The molecule has 2 rings (SSSR count). The third-order valence-electron chi connectivity index (χ3n) is 3.05. The molecule has 2 N–H and O–H groups in total. The number of hydrogen-bond acceptors (Lipinski definition) is 3. The fourth-order valence-electron chi connectivity index (χ4n) is 2.18. The van der Waals surface area contributed by atoms with E-state index >= 15 is 0 Å². The first-order valence-corrected chi connectivity index (χ1v) is 6.71. The van der Waals surface area contributed by atoms with E-state index in [2.05, 4.69) is 6.92 Å². The second-order valence-corrected chi connectivity index (χ2v) is 4.83. The van der Waals surface area contributed by atoms with Crippen LogP contribution in [0.1, 0.15) is 43.7 Å². The monoisotopic (exact) mass is 259 g/mol. The second-order valence-electron chi connectivity index (χ2n) is 4.83. The van der Waals surface area contributed by atoms with Crippen molar-refractivity contribution in [2.24, 2.45) is 5.73 Å². The lowest BCUT2D eigenvalue weighted by atomic mass is 9.98. The Balaban J connectivity index is 2.36. The van der Waals surface area contributed by atoms with E-state index in [4.69, 9.17) is 14.9 Å². The Hall–Kier alpha value is -1.74. The average molecular weight is 259 g/mol. The van der Waals surface area contributed by atoms with Gasteiger partial charge in [0.2, 0.25) is 0 Å². The minimum absolute atomic E-state index is 0.128. The molecule has 1 aromatic heterocycles. The highest BCUT2D eigenvalue weighted by Crippen LogP contribution is 2.31. The maximum atomic E-state index is 6.37. The second kappa shape index (κ2) is 5.93. The number of aryl methyl sites for hydroxylation is 1. The molecule has 0 bridgehead atoms. The van der Waals surface area contributed by atoms with Gasteiger partial charge in [0.25, 0.3) is 0 Å². The van der Waals surface area contributed by atoms with Gasteiger partial charge in [0.1, 0.15) is 11.5 Å². The summed E-state index contributed by atoms with van der Waals surface area (Å²) in [4.78, 5) is 0. The van der Waals surface area contributed by atoms with Crippen LogP contribution in [0.2, 0.25) is 0 Å². The standard InChI is InChI=1S/C16H21NO2/c1-4-14-13(9-10-18-14)16(17)12-7-5-6-8-15(12)19-11(2)3/h5-11,16H,4,17H2,1-3H3. The molecular weight excluding hydrogens is 238 g/mol. The summed E-state index contributed by atoms with van der Waals surface area (Å²) in [5.74, 6) is 1.78. The largest absolute Gasteiger partial charge is 0.491 e. The summed E-state index contributed by atoms with van der Waals surface area (Å²) in [6, 6.07) is 9.63. The Kier molecular flexibility index (Phi) is 4.27. The van der Waals surface area contributed by atoms with Gasteiger partial charge in [0, 0.05) is 17.5 Å². The predicted molar refractivity (Wildman–Crippen MR) is 76.3 cm³/mol. The van der Waals surface area contributed by atoms with Crippen LogP contribution in [-0.2, 0) is 6.42 Å². The van der Waals surface area contributed by atoms with E-state index in [1.165, 1.54) is 0 Å². The molecule has 0 spiro atoms. The Labute approximate surface area is 114 Å². The lowest BCUT2D eigenvalue weighted by Gasteiger charge is -2.18. The number of nitrogens with two attached hydrogens (primary N) is 1. The number of benzene rings is 1. The SMILES string of the molecule is CCc1occc1C(N)c1ccccc1OC(C)C. The van der Waals surface area contributed by atoms with Gasteiger partial charge in [-0.15, -0.1) is 0 Å². The van der Waals surface area contributed by atoms with Crippen molar-refractivity contribution in [1.82, 2.24) is 0 Å². The summed E-state index contributed by atoms with van der Waals surface area (Å²) >= 11 is 0. The van der Waals surface area contributed by atoms with Crippen molar-refractivity contribution in [3.63, 3.8) is 0 Å². The molecule has 102 valence electrons. The van der Waals surface area contributed by atoms with Crippen molar-refractivity contribution >= 4 is 0 Å². The number of para-hydroxylation sites is 1. The highest BCUT2D eigenvalue weighted by atomic mass is 16.5. The van der Waals surface area contributed by atoms with Crippen molar-refractivity contribution in [3.8, 4) is 5.75 Å². The minimum atomic E-state index is -0.219. The van der Waals surface area contributed by atoms with E-state index in [0.29, 0.717) is 0 Å². The summed E-state index contributed by atoms with van der Waals surface area (Å²) < 4.78 is 11.3. The van der Waals surface area contributed by atoms with Gasteiger partial charge in [-0.1, -0.05) is 25.1 Å². The summed E-state index contributed by atoms with van der Waals surface area (Å²) in [6.45, 7) is 6.08. The molecule has 0 aliphatic rings. The molecule has 19 heavy (non-hydrogen) atoms. The molecule has 0 radical (unpaired) electrons. The third kappa shape index (κ3) is 2.99. The van der Waals surface area contributed by atoms with Crippen LogP contribution < -0.4 is 10.5 Å². The Bertz CT molecular complexity index is 531. The zero-order valence-electron chi connectivity index (χ0n) is 11.7. The van der Waals surface area contributed by atoms with Gasteiger partial charge in [0.05, 0.1) is 18.4 Å². The molecule has 0 fully saturated rings. The first kappa shape index (κ1) is 13.7. The molecule has 3 heteroatoms. The fraction of sp³-hybridized carbons (Fsp3) is 0.375. The molecule has 1 unspecified atom stereocenters. The summed E-state index contributed by atoms with van der Waals surface area (Å²) in [5, 5.41) is 0. The van der Waals surface area contributed by atoms with E-state index in [1.807, 2.05) is 44.2 Å². The Morgan fingerprint density at radius 2 is 1.89 bits per heavy atom. The third-order valence-corrected chi connectivity index (χ3v) is 3.05. The maximum absolute atomic E-state index is 6.37. The molecule has 0 aliphatic heterocycles. The zero-order chi connectivity index (χ0) is 13.8. The van der Waals surface area contributed by atoms with Crippen molar-refractivity contribution in [3.05, 3.63) is 53.5 Å².